The lowest BCUT2D eigenvalue weighted by molar-refractivity contribution is -0.137. The third-order valence-corrected chi connectivity index (χ3v) is 5.48. The molecular weight excluding hydrogens is 322 g/mol. The molecule has 8 nitrogen and oxygen atoms in total. The van der Waals surface area contributed by atoms with Crippen LogP contribution in [0.15, 0.2) is 17.3 Å². The van der Waals surface area contributed by atoms with Crippen LogP contribution in [0.3, 0.4) is 0 Å². The second-order valence-corrected chi connectivity index (χ2v) is 8.07. The molecule has 0 spiro atoms. The lowest BCUT2D eigenvalue weighted by Crippen LogP contribution is -2.43. The third kappa shape index (κ3) is 5.02. The molecule has 1 aromatic heterocycles. The molecule has 0 bridgehead atoms. The molecule has 0 saturated carbocycles. The fourth-order valence-corrected chi connectivity index (χ4v) is 3.88. The Kier molecular flexibility index (Phi) is 5.43. The Labute approximate surface area is 135 Å². The second-order valence-electron chi connectivity index (χ2n) is 6.38. The van der Waals surface area contributed by atoms with E-state index in [4.69, 9.17) is 9.84 Å². The van der Waals surface area contributed by atoms with Gasteiger partial charge in [-0.1, -0.05) is 0 Å². The molecule has 2 N–H and O–H groups in total. The van der Waals surface area contributed by atoms with Gasteiger partial charge in [-0.2, -0.15) is 5.10 Å². The summed E-state index contributed by atoms with van der Waals surface area (Å²) in [5.41, 5.74) is -0.849. The van der Waals surface area contributed by atoms with Crippen molar-refractivity contribution in [2.24, 2.45) is 0 Å². The zero-order valence-electron chi connectivity index (χ0n) is 13.4. The van der Waals surface area contributed by atoms with Gasteiger partial charge < -0.3 is 9.84 Å². The predicted octanol–water partition coefficient (Wildman–Crippen LogP) is 1.16. The maximum Gasteiger partial charge on any atom is 0.303 e. The predicted molar refractivity (Wildman–Crippen MR) is 82.6 cm³/mol. The highest BCUT2D eigenvalue weighted by molar-refractivity contribution is 7.89. The SMILES string of the molecule is CC(C)(CCC(=O)O)NS(=O)(=O)c1cnn(C2CCOCC2)c1. The minimum absolute atomic E-state index is 0.0902. The number of sulfonamides is 1. The molecule has 0 aliphatic carbocycles. The monoisotopic (exact) mass is 345 g/mol. The summed E-state index contributed by atoms with van der Waals surface area (Å²) < 4.78 is 34.4. The van der Waals surface area contributed by atoms with Gasteiger partial charge in [-0.15, -0.1) is 0 Å². The number of carboxylic acids is 1. The Bertz CT molecular complexity index is 647. The van der Waals surface area contributed by atoms with E-state index >= 15 is 0 Å². The van der Waals surface area contributed by atoms with Gasteiger partial charge in [0.15, 0.2) is 0 Å². The quantitative estimate of drug-likeness (QED) is 0.767. The van der Waals surface area contributed by atoms with Gasteiger partial charge in [0.05, 0.1) is 12.2 Å². The number of carbonyl (C=O) groups is 1. The normalized spacial score (nSPS) is 17.3. The molecule has 0 radical (unpaired) electrons. The highest BCUT2D eigenvalue weighted by Crippen LogP contribution is 2.22. The summed E-state index contributed by atoms with van der Waals surface area (Å²) in [5, 5.41) is 12.9. The average molecular weight is 345 g/mol. The first-order valence-corrected chi connectivity index (χ1v) is 9.06. The van der Waals surface area contributed by atoms with E-state index in [0.717, 1.165) is 12.8 Å². The smallest absolute Gasteiger partial charge is 0.303 e. The molecule has 130 valence electrons. The van der Waals surface area contributed by atoms with Crippen LogP contribution in [0, 0.1) is 0 Å². The Morgan fingerprint density at radius 1 is 1.48 bits per heavy atom. The molecule has 1 aliphatic rings. The maximum atomic E-state index is 12.5. The Morgan fingerprint density at radius 2 is 2.13 bits per heavy atom. The number of ether oxygens (including phenoxy) is 1. The fraction of sp³-hybridized carbons (Fsp3) is 0.714. The van der Waals surface area contributed by atoms with E-state index < -0.39 is 21.5 Å². The number of aliphatic carboxylic acids is 1. The number of aromatic nitrogens is 2. The van der Waals surface area contributed by atoms with E-state index in [1.807, 2.05) is 0 Å². The number of rotatable bonds is 7. The van der Waals surface area contributed by atoms with E-state index in [9.17, 15) is 13.2 Å². The molecule has 0 unspecified atom stereocenters. The van der Waals surface area contributed by atoms with Crippen molar-refractivity contribution < 1.29 is 23.1 Å². The van der Waals surface area contributed by atoms with Crippen molar-refractivity contribution in [1.82, 2.24) is 14.5 Å². The molecule has 0 aromatic carbocycles. The van der Waals surface area contributed by atoms with E-state index in [0.29, 0.717) is 13.2 Å². The van der Waals surface area contributed by atoms with Crippen LogP contribution in [0.25, 0.3) is 0 Å². The largest absolute Gasteiger partial charge is 0.481 e. The molecule has 23 heavy (non-hydrogen) atoms. The minimum Gasteiger partial charge on any atom is -0.481 e. The van der Waals surface area contributed by atoms with Gasteiger partial charge >= 0.3 is 5.97 Å². The molecule has 0 atom stereocenters. The van der Waals surface area contributed by atoms with Gasteiger partial charge in [-0.25, -0.2) is 13.1 Å². The van der Waals surface area contributed by atoms with Gasteiger partial charge in [-0.05, 0) is 33.1 Å². The summed E-state index contributed by atoms with van der Waals surface area (Å²) in [6, 6.07) is 0.146. The Hall–Kier alpha value is -1.45. The zero-order valence-corrected chi connectivity index (χ0v) is 14.2. The first-order valence-electron chi connectivity index (χ1n) is 7.57. The van der Waals surface area contributed by atoms with E-state index in [1.54, 1.807) is 18.5 Å². The Morgan fingerprint density at radius 3 is 2.74 bits per heavy atom. The first-order chi connectivity index (χ1) is 10.7. The van der Waals surface area contributed by atoms with E-state index in [-0.39, 0.29) is 23.8 Å². The third-order valence-electron chi connectivity index (χ3n) is 3.83. The van der Waals surface area contributed by atoms with Crippen LogP contribution in [0.2, 0.25) is 0 Å². The lowest BCUT2D eigenvalue weighted by atomic mass is 10.0. The average Bonchev–Trinajstić information content (AvgIpc) is 2.96. The lowest BCUT2D eigenvalue weighted by Gasteiger charge is -2.25. The minimum atomic E-state index is -3.74. The van der Waals surface area contributed by atoms with Crippen LogP contribution < -0.4 is 4.72 Å². The second kappa shape index (κ2) is 6.98. The molecule has 9 heteroatoms. The number of hydrogen-bond donors (Lipinski definition) is 2. The van der Waals surface area contributed by atoms with E-state index in [1.165, 1.54) is 12.4 Å². The molecule has 1 aliphatic heterocycles. The van der Waals surface area contributed by atoms with Gasteiger partial charge in [0.1, 0.15) is 4.90 Å². The molecule has 1 fully saturated rings. The number of hydrogen-bond acceptors (Lipinski definition) is 5. The van der Waals surface area contributed by atoms with Crippen molar-refractivity contribution in [3.8, 4) is 0 Å². The van der Waals surface area contributed by atoms with Crippen LogP contribution in [0.5, 0.6) is 0 Å². The van der Waals surface area contributed by atoms with Crippen molar-refractivity contribution in [3.05, 3.63) is 12.4 Å². The summed E-state index contributed by atoms with van der Waals surface area (Å²) in [6.45, 7) is 4.62. The summed E-state index contributed by atoms with van der Waals surface area (Å²) >= 11 is 0. The fourth-order valence-electron chi connectivity index (χ4n) is 2.50. The van der Waals surface area contributed by atoms with Crippen molar-refractivity contribution in [1.29, 1.82) is 0 Å². The summed E-state index contributed by atoms with van der Waals surface area (Å²) in [5.74, 6) is -0.954. The molecular formula is C14H23N3O5S. The summed E-state index contributed by atoms with van der Waals surface area (Å²) in [4.78, 5) is 10.7. The highest BCUT2D eigenvalue weighted by Gasteiger charge is 2.28. The standard InChI is InChI=1S/C14H23N3O5S/c1-14(2,6-3-13(18)19)16-23(20,21)12-9-15-17(10-12)11-4-7-22-8-5-11/h9-11,16H,3-8H2,1-2H3,(H,18,19). The van der Waals surface area contributed by atoms with Crippen LogP contribution in [0.1, 0.15) is 45.6 Å². The topological polar surface area (TPSA) is 111 Å². The summed E-state index contributed by atoms with van der Waals surface area (Å²) in [6.07, 6.45) is 4.56. The maximum absolute atomic E-state index is 12.5. The highest BCUT2D eigenvalue weighted by atomic mass is 32.2. The molecule has 2 rings (SSSR count). The Balaban J connectivity index is 2.07. The van der Waals surface area contributed by atoms with Gasteiger partial charge in [0.25, 0.3) is 0 Å². The zero-order chi connectivity index (χ0) is 17.1. The van der Waals surface area contributed by atoms with E-state index in [2.05, 4.69) is 9.82 Å². The van der Waals surface area contributed by atoms with Crippen molar-refractivity contribution in [2.75, 3.05) is 13.2 Å². The van der Waals surface area contributed by atoms with Crippen LogP contribution in [-0.2, 0) is 19.6 Å². The van der Waals surface area contributed by atoms with Crippen molar-refractivity contribution in [2.45, 2.75) is 56.0 Å². The van der Waals surface area contributed by atoms with Crippen LogP contribution in [0.4, 0.5) is 0 Å². The molecule has 0 amide bonds. The summed E-state index contributed by atoms with van der Waals surface area (Å²) in [7, 11) is -3.74. The number of nitrogens with zero attached hydrogens (tertiary/aromatic N) is 2. The molecule has 1 saturated heterocycles. The van der Waals surface area contributed by atoms with Crippen molar-refractivity contribution in [3.63, 3.8) is 0 Å². The molecule has 1 aromatic rings. The van der Waals surface area contributed by atoms with Crippen LogP contribution in [-0.4, -0.2) is 48.0 Å². The van der Waals surface area contributed by atoms with Crippen LogP contribution >= 0.6 is 0 Å². The first kappa shape index (κ1) is 17.9. The van der Waals surface area contributed by atoms with Crippen molar-refractivity contribution >= 4 is 16.0 Å². The molecule has 2 heterocycles. The van der Waals surface area contributed by atoms with Gasteiger partial charge in [-0.3, -0.25) is 9.48 Å². The van der Waals surface area contributed by atoms with Gasteiger partial charge in [0.2, 0.25) is 10.0 Å². The number of carboxylic acid groups (broad SMARTS) is 1. The van der Waals surface area contributed by atoms with Gasteiger partial charge in [0, 0.05) is 31.4 Å². The number of nitrogens with one attached hydrogen (secondary N) is 1.